The number of benzene rings is 2. The normalized spacial score (nSPS) is 12.2. The molecular formula is C24H27ClFN3O2. The smallest absolute Gasteiger partial charge is 0.261 e. The van der Waals surface area contributed by atoms with Crippen molar-refractivity contribution in [2.45, 2.75) is 52.6 Å². The van der Waals surface area contributed by atoms with Crippen LogP contribution in [-0.2, 0) is 6.54 Å². The molecule has 5 nitrogen and oxygen atoms in total. The van der Waals surface area contributed by atoms with Gasteiger partial charge in [0.2, 0.25) is 0 Å². The molecule has 0 N–H and O–H groups in total. The quantitative estimate of drug-likeness (QED) is 0.455. The molecule has 7 heteroatoms. The standard InChI is InChI=1S/C24H27ClFN3O2/c1-4-7-14-29(23(30)16-8-11-18(26)12-9-16)21(5-2)22-27-20-15-17(25)10-13-19(20)24(31)28(22)6-3/h8-13,15,21H,4-7,14H2,1-3H3. The zero-order valence-electron chi connectivity index (χ0n) is 18.1. The lowest BCUT2D eigenvalue weighted by molar-refractivity contribution is 0.0653. The molecule has 0 spiro atoms. The van der Waals surface area contributed by atoms with E-state index in [1.54, 1.807) is 27.7 Å². The van der Waals surface area contributed by atoms with Gasteiger partial charge in [-0.05, 0) is 62.2 Å². The van der Waals surface area contributed by atoms with Gasteiger partial charge in [-0.15, -0.1) is 0 Å². The van der Waals surface area contributed by atoms with Crippen molar-refractivity contribution in [2.75, 3.05) is 6.54 Å². The topological polar surface area (TPSA) is 55.2 Å². The van der Waals surface area contributed by atoms with Crippen molar-refractivity contribution in [1.82, 2.24) is 14.5 Å². The maximum absolute atomic E-state index is 13.4. The fraction of sp³-hybridized carbons (Fsp3) is 0.375. The van der Waals surface area contributed by atoms with Crippen molar-refractivity contribution in [3.63, 3.8) is 0 Å². The van der Waals surface area contributed by atoms with Crippen LogP contribution in [0.2, 0.25) is 5.02 Å². The van der Waals surface area contributed by atoms with E-state index in [9.17, 15) is 14.0 Å². The number of fused-ring (bicyclic) bond motifs is 1. The van der Waals surface area contributed by atoms with Gasteiger partial charge in [-0.1, -0.05) is 31.9 Å². The summed E-state index contributed by atoms with van der Waals surface area (Å²) in [5, 5.41) is 0.993. The Morgan fingerprint density at radius 1 is 1.16 bits per heavy atom. The molecule has 1 amide bonds. The van der Waals surface area contributed by atoms with Gasteiger partial charge in [-0.2, -0.15) is 0 Å². The number of carbonyl (C=O) groups is 1. The highest BCUT2D eigenvalue weighted by atomic mass is 35.5. The monoisotopic (exact) mass is 443 g/mol. The predicted molar refractivity (Wildman–Crippen MR) is 122 cm³/mol. The van der Waals surface area contributed by atoms with Crippen LogP contribution in [0.1, 0.15) is 62.3 Å². The first-order valence-corrected chi connectivity index (χ1v) is 11.1. The van der Waals surface area contributed by atoms with E-state index < -0.39 is 11.9 Å². The minimum atomic E-state index is -0.403. The highest BCUT2D eigenvalue weighted by Crippen LogP contribution is 2.27. The summed E-state index contributed by atoms with van der Waals surface area (Å²) in [4.78, 5) is 33.1. The number of unbranched alkanes of at least 4 members (excludes halogenated alkanes) is 1. The molecule has 2 aromatic carbocycles. The number of amides is 1. The Morgan fingerprint density at radius 2 is 1.87 bits per heavy atom. The van der Waals surface area contributed by atoms with Crippen molar-refractivity contribution in [2.24, 2.45) is 0 Å². The third kappa shape index (κ3) is 4.79. The van der Waals surface area contributed by atoms with E-state index in [-0.39, 0.29) is 11.5 Å². The molecule has 1 atom stereocenters. The van der Waals surface area contributed by atoms with E-state index in [1.807, 2.05) is 13.8 Å². The summed E-state index contributed by atoms with van der Waals surface area (Å²) in [5.74, 6) is -0.0590. The second kappa shape index (κ2) is 10.1. The molecule has 0 aliphatic heterocycles. The molecule has 0 radical (unpaired) electrons. The van der Waals surface area contributed by atoms with Crippen molar-refractivity contribution < 1.29 is 9.18 Å². The van der Waals surface area contributed by atoms with E-state index in [0.717, 1.165) is 12.8 Å². The van der Waals surface area contributed by atoms with Crippen LogP contribution in [0.5, 0.6) is 0 Å². The second-order valence-electron chi connectivity index (χ2n) is 7.46. The average Bonchev–Trinajstić information content (AvgIpc) is 2.76. The minimum absolute atomic E-state index is 0.151. The van der Waals surface area contributed by atoms with Gasteiger partial charge in [0.05, 0.1) is 16.9 Å². The van der Waals surface area contributed by atoms with E-state index in [2.05, 4.69) is 6.92 Å². The SMILES string of the molecule is CCCCN(C(=O)c1ccc(F)cc1)C(CC)c1nc2cc(Cl)ccc2c(=O)n1CC. The van der Waals surface area contributed by atoms with Crippen molar-refractivity contribution in [3.8, 4) is 0 Å². The Kier molecular flexibility index (Phi) is 7.44. The van der Waals surface area contributed by atoms with Crippen LogP contribution in [0.25, 0.3) is 10.9 Å². The third-order valence-electron chi connectivity index (χ3n) is 5.43. The van der Waals surface area contributed by atoms with E-state index >= 15 is 0 Å². The third-order valence-corrected chi connectivity index (χ3v) is 5.66. The zero-order valence-corrected chi connectivity index (χ0v) is 18.8. The number of rotatable bonds is 8. The van der Waals surface area contributed by atoms with E-state index in [1.165, 1.54) is 24.3 Å². The lowest BCUT2D eigenvalue weighted by Gasteiger charge is -2.32. The van der Waals surface area contributed by atoms with E-state index in [0.29, 0.717) is 46.8 Å². The summed E-state index contributed by atoms with van der Waals surface area (Å²) < 4.78 is 15.0. The first-order chi connectivity index (χ1) is 14.9. The van der Waals surface area contributed by atoms with Crippen LogP contribution in [0.4, 0.5) is 4.39 Å². The molecule has 0 saturated carbocycles. The largest absolute Gasteiger partial charge is 0.328 e. The Morgan fingerprint density at radius 3 is 2.48 bits per heavy atom. The van der Waals surface area contributed by atoms with E-state index in [4.69, 9.17) is 16.6 Å². The maximum Gasteiger partial charge on any atom is 0.261 e. The maximum atomic E-state index is 13.4. The Labute approximate surface area is 186 Å². The summed E-state index contributed by atoms with van der Waals surface area (Å²) in [6, 6.07) is 10.2. The number of aromatic nitrogens is 2. The van der Waals surface area contributed by atoms with Crippen LogP contribution in [0, 0.1) is 5.82 Å². The predicted octanol–water partition coefficient (Wildman–Crippen LogP) is 5.60. The number of hydrogen-bond donors (Lipinski definition) is 0. The number of nitrogens with zero attached hydrogens (tertiary/aromatic N) is 3. The first kappa shape index (κ1) is 22.9. The molecule has 31 heavy (non-hydrogen) atoms. The van der Waals surface area contributed by atoms with Crippen LogP contribution in [0.3, 0.4) is 0 Å². The summed E-state index contributed by atoms with van der Waals surface area (Å²) in [7, 11) is 0. The van der Waals surface area contributed by atoms with Crippen molar-refractivity contribution >= 4 is 28.4 Å². The second-order valence-corrected chi connectivity index (χ2v) is 7.90. The first-order valence-electron chi connectivity index (χ1n) is 10.7. The molecule has 164 valence electrons. The van der Waals surface area contributed by atoms with Gasteiger partial charge in [-0.3, -0.25) is 14.2 Å². The molecule has 0 fully saturated rings. The van der Waals surface area contributed by atoms with Crippen LogP contribution < -0.4 is 5.56 Å². The number of hydrogen-bond acceptors (Lipinski definition) is 3. The fourth-order valence-corrected chi connectivity index (χ4v) is 3.97. The Bertz CT molecular complexity index is 1130. The van der Waals surface area contributed by atoms with Gasteiger partial charge in [0.1, 0.15) is 11.6 Å². The molecule has 0 bridgehead atoms. The molecule has 3 rings (SSSR count). The minimum Gasteiger partial charge on any atom is -0.328 e. The Balaban J connectivity index is 2.15. The van der Waals surface area contributed by atoms with Gasteiger partial charge in [-0.25, -0.2) is 9.37 Å². The Hall–Kier alpha value is -2.73. The summed E-state index contributed by atoms with van der Waals surface area (Å²) in [6.45, 7) is 6.86. The van der Waals surface area contributed by atoms with Gasteiger partial charge < -0.3 is 4.90 Å². The average molecular weight is 444 g/mol. The number of carbonyl (C=O) groups excluding carboxylic acids is 1. The van der Waals surface area contributed by atoms with Crippen LogP contribution >= 0.6 is 11.6 Å². The van der Waals surface area contributed by atoms with Gasteiger partial charge in [0.15, 0.2) is 0 Å². The molecule has 0 aliphatic carbocycles. The lowest BCUT2D eigenvalue weighted by atomic mass is 10.1. The van der Waals surface area contributed by atoms with Crippen LogP contribution in [0.15, 0.2) is 47.3 Å². The van der Waals surface area contributed by atoms with Gasteiger partial charge >= 0.3 is 0 Å². The summed E-state index contributed by atoms with van der Waals surface area (Å²) >= 11 is 6.14. The molecule has 3 aromatic rings. The molecule has 1 unspecified atom stereocenters. The molecule has 0 aliphatic rings. The molecule has 0 saturated heterocycles. The molecule has 1 aromatic heterocycles. The zero-order chi connectivity index (χ0) is 22.5. The molecule has 1 heterocycles. The summed E-state index contributed by atoms with van der Waals surface area (Å²) in [5.41, 5.74) is 0.771. The number of halogens is 2. The summed E-state index contributed by atoms with van der Waals surface area (Å²) in [6.07, 6.45) is 2.29. The van der Waals surface area contributed by atoms with Crippen molar-refractivity contribution in [3.05, 3.63) is 75.0 Å². The lowest BCUT2D eigenvalue weighted by Crippen LogP contribution is -2.39. The molecular weight excluding hydrogens is 417 g/mol. The highest BCUT2D eigenvalue weighted by molar-refractivity contribution is 6.31. The van der Waals surface area contributed by atoms with Crippen LogP contribution in [-0.4, -0.2) is 26.9 Å². The fourth-order valence-electron chi connectivity index (χ4n) is 3.80. The van der Waals surface area contributed by atoms with Gasteiger partial charge in [0.25, 0.3) is 11.5 Å². The highest BCUT2D eigenvalue weighted by Gasteiger charge is 2.28. The van der Waals surface area contributed by atoms with Gasteiger partial charge in [0, 0.05) is 23.7 Å². The van der Waals surface area contributed by atoms with Crippen molar-refractivity contribution in [1.29, 1.82) is 0 Å².